The molecule has 1 fully saturated rings. The smallest absolute Gasteiger partial charge is 0.132 e. The number of benzene rings is 6. The van der Waals surface area contributed by atoms with Crippen molar-refractivity contribution in [1.29, 1.82) is 0 Å². The van der Waals surface area contributed by atoms with Crippen molar-refractivity contribution in [3.63, 3.8) is 0 Å². The molecule has 2 N–H and O–H groups in total. The largest absolute Gasteiger partial charge is 0.507 e. The number of nitrogens with zero attached hydrogens (tertiary/aromatic N) is 2. The Hall–Kier alpha value is -5.85. The standard InChI is InChI=1S/C45H42N2O4/c1-50-42-25-9-7-21-38(42)40-24-12-18-34(45(40)49)30-47-27-13-19-36(47)29-46-28-33-17-11-23-41(44(33)48)39-22-8-10-26-43(39)51-31-35-16-5-6-20-37(35)32-14-3-2-4-15-32/h2-12,14-18,20-26,28,36,48-49H,13,19,27,29-31H2,1H3/t36-/m0/s1. The van der Waals surface area contributed by atoms with Crippen molar-refractivity contribution in [2.45, 2.75) is 32.0 Å². The maximum Gasteiger partial charge on any atom is 0.132 e. The molecular weight excluding hydrogens is 633 g/mol. The van der Waals surface area contributed by atoms with E-state index >= 15 is 0 Å². The molecule has 0 aliphatic carbocycles. The first-order chi connectivity index (χ1) is 25.1. The molecule has 1 atom stereocenters. The molecule has 6 aromatic carbocycles. The minimum atomic E-state index is 0.170. The maximum absolute atomic E-state index is 11.5. The van der Waals surface area contributed by atoms with Gasteiger partial charge >= 0.3 is 0 Å². The van der Waals surface area contributed by atoms with Crippen molar-refractivity contribution in [2.24, 2.45) is 4.99 Å². The third kappa shape index (κ3) is 7.52. The lowest BCUT2D eigenvalue weighted by molar-refractivity contribution is 0.247. The van der Waals surface area contributed by atoms with E-state index < -0.39 is 0 Å². The van der Waals surface area contributed by atoms with Gasteiger partial charge < -0.3 is 19.7 Å². The first-order valence-corrected chi connectivity index (χ1v) is 17.5. The number of likely N-dealkylation sites (tertiary alicyclic amines) is 1. The number of aromatic hydroxyl groups is 2. The van der Waals surface area contributed by atoms with Crippen molar-refractivity contribution in [3.05, 3.63) is 156 Å². The van der Waals surface area contributed by atoms with Crippen LogP contribution in [0.15, 0.2) is 145 Å². The Bertz CT molecular complexity index is 2130. The molecule has 0 spiro atoms. The number of phenolic OH excluding ortho intramolecular Hbond substituents is 2. The van der Waals surface area contributed by atoms with E-state index in [0.29, 0.717) is 36.6 Å². The van der Waals surface area contributed by atoms with Crippen LogP contribution in [0.5, 0.6) is 23.0 Å². The lowest BCUT2D eigenvalue weighted by Gasteiger charge is -2.24. The summed E-state index contributed by atoms with van der Waals surface area (Å²) in [6.45, 7) is 2.55. The van der Waals surface area contributed by atoms with Gasteiger partial charge in [0, 0.05) is 52.2 Å². The van der Waals surface area contributed by atoms with Crippen molar-refractivity contribution in [3.8, 4) is 56.4 Å². The molecule has 0 bridgehead atoms. The average molecular weight is 675 g/mol. The number of rotatable bonds is 12. The molecule has 1 aliphatic rings. The van der Waals surface area contributed by atoms with Crippen LogP contribution in [0.1, 0.15) is 29.5 Å². The number of hydrogen-bond acceptors (Lipinski definition) is 6. The summed E-state index contributed by atoms with van der Waals surface area (Å²) in [5, 5.41) is 22.8. The van der Waals surface area contributed by atoms with Gasteiger partial charge in [-0.05, 0) is 54.3 Å². The first-order valence-electron chi connectivity index (χ1n) is 17.5. The van der Waals surface area contributed by atoms with Gasteiger partial charge in [0.15, 0.2) is 0 Å². The Kier molecular flexibility index (Phi) is 10.4. The van der Waals surface area contributed by atoms with Crippen LogP contribution in [-0.4, -0.2) is 47.6 Å². The van der Waals surface area contributed by atoms with Crippen LogP contribution < -0.4 is 9.47 Å². The molecule has 1 heterocycles. The lowest BCUT2D eigenvalue weighted by atomic mass is 9.99. The maximum atomic E-state index is 11.5. The molecule has 0 aromatic heterocycles. The molecule has 1 aliphatic heterocycles. The fourth-order valence-corrected chi connectivity index (χ4v) is 7.00. The Balaban J connectivity index is 1.05. The minimum Gasteiger partial charge on any atom is -0.507 e. The third-order valence-corrected chi connectivity index (χ3v) is 9.67. The van der Waals surface area contributed by atoms with E-state index in [2.05, 4.69) is 29.2 Å². The summed E-state index contributed by atoms with van der Waals surface area (Å²) in [5.41, 5.74) is 8.04. The summed E-state index contributed by atoms with van der Waals surface area (Å²) in [4.78, 5) is 7.21. The number of methoxy groups -OCH3 is 1. The number of aliphatic imine (C=N–C) groups is 1. The molecule has 0 radical (unpaired) electrons. The molecule has 1 saturated heterocycles. The second kappa shape index (κ2) is 15.8. The Morgan fingerprint density at radius 3 is 2.04 bits per heavy atom. The van der Waals surface area contributed by atoms with Crippen LogP contribution in [0.2, 0.25) is 0 Å². The van der Waals surface area contributed by atoms with Crippen molar-refractivity contribution >= 4 is 6.21 Å². The second-order valence-electron chi connectivity index (χ2n) is 12.8. The number of phenols is 2. The van der Waals surface area contributed by atoms with Gasteiger partial charge in [-0.2, -0.15) is 0 Å². The van der Waals surface area contributed by atoms with Crippen LogP contribution in [-0.2, 0) is 13.2 Å². The number of hydrogen-bond donors (Lipinski definition) is 2. The molecule has 256 valence electrons. The predicted octanol–water partition coefficient (Wildman–Crippen LogP) is 9.77. The zero-order valence-corrected chi connectivity index (χ0v) is 28.8. The van der Waals surface area contributed by atoms with Crippen LogP contribution in [0, 0.1) is 0 Å². The van der Waals surface area contributed by atoms with Gasteiger partial charge in [-0.1, -0.05) is 121 Å². The Labute approximate surface area is 299 Å². The highest BCUT2D eigenvalue weighted by Gasteiger charge is 2.25. The van der Waals surface area contributed by atoms with Crippen LogP contribution in [0.3, 0.4) is 0 Å². The summed E-state index contributed by atoms with van der Waals surface area (Å²) in [6, 6.07) is 46.0. The van der Waals surface area contributed by atoms with Crippen molar-refractivity contribution in [2.75, 3.05) is 20.2 Å². The fourth-order valence-electron chi connectivity index (χ4n) is 7.00. The first kappa shape index (κ1) is 33.6. The molecule has 7 rings (SSSR count). The summed E-state index contributed by atoms with van der Waals surface area (Å²) in [7, 11) is 1.65. The Morgan fingerprint density at radius 1 is 0.647 bits per heavy atom. The summed E-state index contributed by atoms with van der Waals surface area (Å²) >= 11 is 0. The van der Waals surface area contributed by atoms with Gasteiger partial charge in [0.05, 0.1) is 13.7 Å². The van der Waals surface area contributed by atoms with Crippen LogP contribution >= 0.6 is 0 Å². The third-order valence-electron chi connectivity index (χ3n) is 9.67. The zero-order chi connectivity index (χ0) is 35.0. The van der Waals surface area contributed by atoms with Crippen molar-refractivity contribution < 1.29 is 19.7 Å². The van der Waals surface area contributed by atoms with Gasteiger partial charge in [-0.3, -0.25) is 9.89 Å². The molecular formula is C45H42N2O4. The van der Waals surface area contributed by atoms with E-state index in [1.165, 1.54) is 0 Å². The van der Waals surface area contributed by atoms with E-state index in [1.54, 1.807) is 13.3 Å². The average Bonchev–Trinajstić information content (AvgIpc) is 3.62. The van der Waals surface area contributed by atoms with Crippen molar-refractivity contribution in [1.82, 2.24) is 4.90 Å². The van der Waals surface area contributed by atoms with Gasteiger partial charge in [0.25, 0.3) is 0 Å². The highest BCUT2D eigenvalue weighted by Crippen LogP contribution is 2.40. The molecule has 0 saturated carbocycles. The Morgan fingerprint density at radius 2 is 1.25 bits per heavy atom. The van der Waals surface area contributed by atoms with Crippen LogP contribution in [0.25, 0.3) is 33.4 Å². The molecule has 6 nitrogen and oxygen atoms in total. The monoisotopic (exact) mass is 674 g/mol. The summed E-state index contributed by atoms with van der Waals surface area (Å²) in [6.07, 6.45) is 3.86. The molecule has 51 heavy (non-hydrogen) atoms. The molecule has 0 amide bonds. The molecule has 0 unspecified atom stereocenters. The lowest BCUT2D eigenvalue weighted by Crippen LogP contribution is -2.31. The zero-order valence-electron chi connectivity index (χ0n) is 28.8. The summed E-state index contributed by atoms with van der Waals surface area (Å²) in [5.74, 6) is 1.88. The van der Waals surface area contributed by atoms with Gasteiger partial charge in [0.2, 0.25) is 0 Å². The predicted molar refractivity (Wildman–Crippen MR) is 206 cm³/mol. The normalized spacial score (nSPS) is 14.6. The van der Waals surface area contributed by atoms with Crippen LogP contribution in [0.4, 0.5) is 0 Å². The second-order valence-corrected chi connectivity index (χ2v) is 12.8. The van der Waals surface area contributed by atoms with Gasteiger partial charge in [0.1, 0.15) is 29.6 Å². The van der Waals surface area contributed by atoms with E-state index in [-0.39, 0.29) is 17.5 Å². The highest BCUT2D eigenvalue weighted by molar-refractivity contribution is 5.89. The topological polar surface area (TPSA) is 74.5 Å². The van der Waals surface area contributed by atoms with E-state index in [4.69, 9.17) is 14.5 Å². The molecule has 6 heteroatoms. The fraction of sp³-hybridized carbons (Fsp3) is 0.178. The van der Waals surface area contributed by atoms with E-state index in [9.17, 15) is 10.2 Å². The van der Waals surface area contributed by atoms with Gasteiger partial charge in [-0.15, -0.1) is 0 Å². The number of para-hydroxylation sites is 4. The SMILES string of the molecule is COc1ccccc1-c1cccc(CN2CCC[C@H]2CN=Cc2cccc(-c3ccccc3OCc3ccccc3-c3ccccc3)c2O)c1O. The quantitative estimate of drug-likeness (QED) is 0.127. The number of ether oxygens (including phenoxy) is 2. The minimum absolute atomic E-state index is 0.170. The highest BCUT2D eigenvalue weighted by atomic mass is 16.5. The summed E-state index contributed by atoms with van der Waals surface area (Å²) < 4.78 is 12.0. The van der Waals surface area contributed by atoms with Gasteiger partial charge in [-0.25, -0.2) is 0 Å². The molecule has 6 aromatic rings. The van der Waals surface area contributed by atoms with E-state index in [0.717, 1.165) is 64.1 Å². The van der Waals surface area contributed by atoms with E-state index in [1.807, 2.05) is 115 Å².